The zero-order valence-electron chi connectivity index (χ0n) is 11.5. The first-order valence-electron chi connectivity index (χ1n) is 6.79. The van der Waals surface area contributed by atoms with Gasteiger partial charge in [-0.15, -0.1) is 0 Å². The lowest BCUT2D eigenvalue weighted by Crippen LogP contribution is -2.46. The molecule has 1 aromatic carbocycles. The Labute approximate surface area is 119 Å². The molecular formula is C15H21ClN2O. The molecule has 0 aliphatic carbocycles. The van der Waals surface area contributed by atoms with Crippen molar-refractivity contribution >= 4 is 17.5 Å². The van der Waals surface area contributed by atoms with Crippen LogP contribution in [0.3, 0.4) is 0 Å². The molecule has 2 rings (SSSR count). The first-order valence-corrected chi connectivity index (χ1v) is 7.17. The number of nitrogens with one attached hydrogen (secondary N) is 2. The van der Waals surface area contributed by atoms with Crippen molar-refractivity contribution in [2.75, 3.05) is 13.1 Å². The van der Waals surface area contributed by atoms with E-state index in [0.717, 1.165) is 31.5 Å². The molecule has 0 aromatic heterocycles. The molecule has 4 heteroatoms. The van der Waals surface area contributed by atoms with Crippen LogP contribution in [0.25, 0.3) is 0 Å². The smallest absolute Gasteiger partial charge is 0.226 e. The van der Waals surface area contributed by atoms with Crippen LogP contribution in [0.1, 0.15) is 38.3 Å². The Morgan fingerprint density at radius 2 is 2.00 bits per heavy atom. The molecule has 1 fully saturated rings. The molecule has 1 atom stereocenters. The average Bonchev–Trinajstić information content (AvgIpc) is 2.40. The molecular weight excluding hydrogens is 260 g/mol. The molecule has 1 aliphatic rings. The summed E-state index contributed by atoms with van der Waals surface area (Å²) in [5.74, 6) is 0.126. The van der Waals surface area contributed by atoms with Gasteiger partial charge in [-0.05, 0) is 44.5 Å². The Morgan fingerprint density at radius 1 is 1.37 bits per heavy atom. The molecule has 19 heavy (non-hydrogen) atoms. The molecule has 0 spiro atoms. The summed E-state index contributed by atoms with van der Waals surface area (Å²) >= 11 is 6.16. The fraction of sp³-hybridized carbons (Fsp3) is 0.533. The first-order chi connectivity index (χ1) is 9.03. The lowest BCUT2D eigenvalue weighted by atomic mass is 9.80. The summed E-state index contributed by atoms with van der Waals surface area (Å²) in [6.45, 7) is 5.83. The van der Waals surface area contributed by atoms with Crippen molar-refractivity contribution in [2.24, 2.45) is 5.41 Å². The van der Waals surface area contributed by atoms with E-state index in [1.165, 1.54) is 0 Å². The molecule has 1 saturated heterocycles. The zero-order chi connectivity index (χ0) is 13.9. The van der Waals surface area contributed by atoms with Crippen LogP contribution in [0, 0.1) is 5.41 Å². The van der Waals surface area contributed by atoms with E-state index in [2.05, 4.69) is 10.6 Å². The second-order valence-electron chi connectivity index (χ2n) is 5.53. The van der Waals surface area contributed by atoms with E-state index < -0.39 is 0 Å². The van der Waals surface area contributed by atoms with Crippen molar-refractivity contribution in [3.63, 3.8) is 0 Å². The van der Waals surface area contributed by atoms with Crippen molar-refractivity contribution in [3.05, 3.63) is 34.9 Å². The molecule has 2 N–H and O–H groups in total. The van der Waals surface area contributed by atoms with E-state index in [1.807, 2.05) is 38.1 Å². The van der Waals surface area contributed by atoms with Crippen LogP contribution in [0.15, 0.2) is 24.3 Å². The molecule has 1 amide bonds. The van der Waals surface area contributed by atoms with Crippen LogP contribution in [-0.2, 0) is 4.79 Å². The number of amides is 1. The summed E-state index contributed by atoms with van der Waals surface area (Å²) in [6.07, 6.45) is 1.77. The largest absolute Gasteiger partial charge is 0.349 e. The monoisotopic (exact) mass is 280 g/mol. The molecule has 0 bridgehead atoms. The first kappa shape index (κ1) is 14.4. The van der Waals surface area contributed by atoms with Crippen LogP contribution in [0.4, 0.5) is 0 Å². The maximum absolute atomic E-state index is 12.4. The van der Waals surface area contributed by atoms with Crippen molar-refractivity contribution < 1.29 is 4.79 Å². The van der Waals surface area contributed by atoms with Crippen molar-refractivity contribution in [3.8, 4) is 0 Å². The Hall–Kier alpha value is -1.06. The van der Waals surface area contributed by atoms with Gasteiger partial charge in [-0.1, -0.05) is 36.7 Å². The zero-order valence-corrected chi connectivity index (χ0v) is 12.3. The maximum Gasteiger partial charge on any atom is 0.226 e. The van der Waals surface area contributed by atoms with Gasteiger partial charge in [0.1, 0.15) is 0 Å². The van der Waals surface area contributed by atoms with Crippen molar-refractivity contribution in [2.45, 2.75) is 32.7 Å². The standard InChI is InChI=1S/C15H21ClN2O/c1-11(12-5-3-4-6-13(12)16)18-14(19)15(2)7-9-17-10-8-15/h3-6,11,17H,7-10H2,1-2H3,(H,18,19)/t11-/m0/s1. The van der Waals surface area contributed by atoms with Gasteiger partial charge in [-0.2, -0.15) is 0 Å². The molecule has 104 valence electrons. The van der Waals surface area contributed by atoms with Gasteiger partial charge in [0.15, 0.2) is 0 Å². The van der Waals surface area contributed by atoms with Crippen LogP contribution in [0.2, 0.25) is 5.02 Å². The third-order valence-electron chi connectivity index (χ3n) is 3.97. The molecule has 0 saturated carbocycles. The van der Waals surface area contributed by atoms with Crippen LogP contribution < -0.4 is 10.6 Å². The Balaban J connectivity index is 2.04. The Kier molecular flexibility index (Phi) is 4.48. The lowest BCUT2D eigenvalue weighted by molar-refractivity contribution is -0.132. The molecule has 3 nitrogen and oxygen atoms in total. The third-order valence-corrected chi connectivity index (χ3v) is 4.32. The predicted octanol–water partition coefficient (Wildman–Crippen LogP) is 2.91. The van der Waals surface area contributed by atoms with Gasteiger partial charge in [0, 0.05) is 10.4 Å². The molecule has 1 aromatic rings. The lowest BCUT2D eigenvalue weighted by Gasteiger charge is -2.33. The van der Waals surface area contributed by atoms with E-state index in [0.29, 0.717) is 5.02 Å². The fourth-order valence-corrected chi connectivity index (χ4v) is 2.78. The molecule has 1 aliphatic heterocycles. The number of piperidine rings is 1. The quantitative estimate of drug-likeness (QED) is 0.894. The summed E-state index contributed by atoms with van der Waals surface area (Å²) in [5.41, 5.74) is 0.705. The highest BCUT2D eigenvalue weighted by Gasteiger charge is 2.35. The SMILES string of the molecule is C[C@H](NC(=O)C1(C)CCNCC1)c1ccccc1Cl. The van der Waals surface area contributed by atoms with Gasteiger partial charge in [-0.3, -0.25) is 4.79 Å². The van der Waals surface area contributed by atoms with E-state index in [1.54, 1.807) is 0 Å². The minimum Gasteiger partial charge on any atom is -0.349 e. The number of hydrogen-bond acceptors (Lipinski definition) is 2. The van der Waals surface area contributed by atoms with Gasteiger partial charge >= 0.3 is 0 Å². The van der Waals surface area contributed by atoms with Crippen molar-refractivity contribution in [1.82, 2.24) is 10.6 Å². The summed E-state index contributed by atoms with van der Waals surface area (Å²) < 4.78 is 0. The predicted molar refractivity (Wildman–Crippen MR) is 78.2 cm³/mol. The van der Waals surface area contributed by atoms with E-state index >= 15 is 0 Å². The number of rotatable bonds is 3. The van der Waals surface area contributed by atoms with Crippen LogP contribution in [0.5, 0.6) is 0 Å². The number of hydrogen-bond donors (Lipinski definition) is 2. The van der Waals surface area contributed by atoms with Gasteiger partial charge < -0.3 is 10.6 Å². The van der Waals surface area contributed by atoms with Gasteiger partial charge in [0.05, 0.1) is 6.04 Å². The van der Waals surface area contributed by atoms with E-state index in [9.17, 15) is 4.79 Å². The highest BCUT2D eigenvalue weighted by Crippen LogP contribution is 2.30. The maximum atomic E-state index is 12.4. The average molecular weight is 281 g/mol. The molecule has 1 heterocycles. The summed E-state index contributed by atoms with van der Waals surface area (Å²) in [5, 5.41) is 7.08. The highest BCUT2D eigenvalue weighted by molar-refractivity contribution is 6.31. The van der Waals surface area contributed by atoms with Gasteiger partial charge in [-0.25, -0.2) is 0 Å². The summed E-state index contributed by atoms with van der Waals surface area (Å²) in [7, 11) is 0. The highest BCUT2D eigenvalue weighted by atomic mass is 35.5. The molecule has 0 unspecified atom stereocenters. The minimum absolute atomic E-state index is 0.0621. The van der Waals surface area contributed by atoms with E-state index in [4.69, 9.17) is 11.6 Å². The van der Waals surface area contributed by atoms with Gasteiger partial charge in [0.2, 0.25) is 5.91 Å². The molecule has 0 radical (unpaired) electrons. The number of halogens is 1. The number of benzene rings is 1. The van der Waals surface area contributed by atoms with Crippen molar-refractivity contribution in [1.29, 1.82) is 0 Å². The van der Waals surface area contributed by atoms with E-state index in [-0.39, 0.29) is 17.4 Å². The van der Waals surface area contributed by atoms with Crippen LogP contribution >= 0.6 is 11.6 Å². The Morgan fingerprint density at radius 3 is 2.63 bits per heavy atom. The van der Waals surface area contributed by atoms with Crippen LogP contribution in [-0.4, -0.2) is 19.0 Å². The second kappa shape index (κ2) is 5.93. The fourth-order valence-electron chi connectivity index (χ4n) is 2.48. The number of carbonyl (C=O) groups excluding carboxylic acids is 1. The second-order valence-corrected chi connectivity index (χ2v) is 5.93. The van der Waals surface area contributed by atoms with Gasteiger partial charge in [0.25, 0.3) is 0 Å². The normalized spacial score (nSPS) is 19.7. The summed E-state index contributed by atoms with van der Waals surface area (Å²) in [4.78, 5) is 12.4. The number of carbonyl (C=O) groups is 1. The minimum atomic E-state index is -0.263. The summed E-state index contributed by atoms with van der Waals surface area (Å²) in [6, 6.07) is 7.59. The topological polar surface area (TPSA) is 41.1 Å². The Bertz CT molecular complexity index is 455. The third kappa shape index (κ3) is 3.28.